The number of hydrogen-bond acceptors (Lipinski definition) is 2. The van der Waals surface area contributed by atoms with E-state index in [-0.39, 0.29) is 6.04 Å². The zero-order chi connectivity index (χ0) is 16.1. The predicted octanol–water partition coefficient (Wildman–Crippen LogP) is 4.70. The molecular formula is C17H24BrNO3. The Morgan fingerprint density at radius 2 is 2.27 bits per heavy atom. The van der Waals surface area contributed by atoms with Gasteiger partial charge in [-0.2, -0.15) is 0 Å². The second-order valence-corrected chi connectivity index (χ2v) is 6.92. The number of benzene rings is 1. The Kier molecular flexibility index (Phi) is 6.12. The van der Waals surface area contributed by atoms with Crippen molar-refractivity contribution in [2.75, 3.05) is 13.2 Å². The van der Waals surface area contributed by atoms with Crippen LogP contribution in [0.3, 0.4) is 0 Å². The largest absolute Gasteiger partial charge is 0.493 e. The third-order valence-corrected chi connectivity index (χ3v) is 5.32. The molecule has 1 aromatic rings. The molecule has 22 heavy (non-hydrogen) atoms. The number of halogens is 1. The summed E-state index contributed by atoms with van der Waals surface area (Å²) in [7, 11) is 0. The summed E-state index contributed by atoms with van der Waals surface area (Å²) >= 11 is 3.51. The first-order valence-corrected chi connectivity index (χ1v) is 8.65. The van der Waals surface area contributed by atoms with Crippen LogP contribution < -0.4 is 4.74 Å². The Hall–Kier alpha value is -1.23. The van der Waals surface area contributed by atoms with Gasteiger partial charge in [-0.1, -0.05) is 22.0 Å². The standard InChI is InChI=1S/C17H24BrNO3/c1-12-11-14(8-9-19(12)17(20)21)5-4-10-22-16-7-3-6-15(18)13(16)2/h3,6-7,12,14H,4-5,8-11H2,1-2H3,(H,20,21)/t12-,14-/m1/s1. The molecule has 122 valence electrons. The van der Waals surface area contributed by atoms with E-state index in [4.69, 9.17) is 9.84 Å². The van der Waals surface area contributed by atoms with Crippen molar-refractivity contribution >= 4 is 22.0 Å². The Bertz CT molecular complexity index is 521. The van der Waals surface area contributed by atoms with Crippen molar-refractivity contribution < 1.29 is 14.6 Å². The van der Waals surface area contributed by atoms with Crippen LogP contribution in [-0.4, -0.2) is 35.3 Å². The van der Waals surface area contributed by atoms with Crippen LogP contribution in [0.15, 0.2) is 22.7 Å². The van der Waals surface area contributed by atoms with E-state index in [2.05, 4.69) is 15.9 Å². The van der Waals surface area contributed by atoms with Crippen LogP contribution in [0.4, 0.5) is 4.79 Å². The van der Waals surface area contributed by atoms with Crippen LogP contribution in [-0.2, 0) is 0 Å². The fraction of sp³-hybridized carbons (Fsp3) is 0.588. The maximum Gasteiger partial charge on any atom is 0.407 e. The molecule has 5 heteroatoms. The molecule has 1 amide bonds. The Balaban J connectivity index is 1.71. The van der Waals surface area contributed by atoms with Crippen molar-refractivity contribution in [3.05, 3.63) is 28.2 Å². The fourth-order valence-electron chi connectivity index (χ4n) is 3.11. The van der Waals surface area contributed by atoms with E-state index in [1.807, 2.05) is 32.0 Å². The molecule has 1 aromatic carbocycles. The van der Waals surface area contributed by atoms with Gasteiger partial charge in [-0.25, -0.2) is 4.79 Å². The molecule has 1 aliphatic heterocycles. The highest BCUT2D eigenvalue weighted by molar-refractivity contribution is 9.10. The van der Waals surface area contributed by atoms with Gasteiger partial charge >= 0.3 is 6.09 Å². The van der Waals surface area contributed by atoms with Crippen LogP contribution in [0, 0.1) is 12.8 Å². The Labute approximate surface area is 140 Å². The summed E-state index contributed by atoms with van der Waals surface area (Å²) in [6.07, 6.45) is 3.25. The summed E-state index contributed by atoms with van der Waals surface area (Å²) in [5.74, 6) is 1.54. The number of nitrogens with zero attached hydrogens (tertiary/aromatic N) is 1. The SMILES string of the molecule is Cc1c(Br)cccc1OCCC[C@@H]1CCN(C(=O)O)[C@H](C)C1. The van der Waals surface area contributed by atoms with Crippen LogP contribution in [0.5, 0.6) is 5.75 Å². The van der Waals surface area contributed by atoms with Crippen LogP contribution in [0.25, 0.3) is 0 Å². The number of piperidine rings is 1. The average molecular weight is 370 g/mol. The minimum absolute atomic E-state index is 0.129. The highest BCUT2D eigenvalue weighted by Crippen LogP contribution is 2.28. The van der Waals surface area contributed by atoms with Gasteiger partial charge in [0.05, 0.1) is 6.61 Å². The Morgan fingerprint density at radius 1 is 1.50 bits per heavy atom. The summed E-state index contributed by atoms with van der Waals surface area (Å²) in [5, 5.41) is 9.09. The number of rotatable bonds is 5. The average Bonchev–Trinajstić information content (AvgIpc) is 2.47. The lowest BCUT2D eigenvalue weighted by Gasteiger charge is -2.35. The number of amides is 1. The zero-order valence-corrected chi connectivity index (χ0v) is 14.8. The molecule has 0 saturated carbocycles. The lowest BCUT2D eigenvalue weighted by atomic mass is 9.88. The number of likely N-dealkylation sites (tertiary alicyclic amines) is 1. The molecule has 0 aliphatic carbocycles. The molecule has 0 spiro atoms. The first kappa shape index (κ1) is 17.1. The highest BCUT2D eigenvalue weighted by Gasteiger charge is 2.28. The van der Waals surface area contributed by atoms with E-state index in [9.17, 15) is 4.79 Å². The van der Waals surface area contributed by atoms with E-state index >= 15 is 0 Å². The molecule has 1 saturated heterocycles. The number of carboxylic acid groups (broad SMARTS) is 1. The highest BCUT2D eigenvalue weighted by atomic mass is 79.9. The van der Waals surface area contributed by atoms with E-state index in [1.165, 1.54) is 0 Å². The van der Waals surface area contributed by atoms with Crippen LogP contribution >= 0.6 is 15.9 Å². The molecule has 4 nitrogen and oxygen atoms in total. The number of carbonyl (C=O) groups is 1. The topological polar surface area (TPSA) is 49.8 Å². The van der Waals surface area contributed by atoms with Crippen LogP contribution in [0.2, 0.25) is 0 Å². The molecule has 0 aromatic heterocycles. The summed E-state index contributed by atoms with van der Waals surface area (Å²) in [5.41, 5.74) is 1.13. The smallest absolute Gasteiger partial charge is 0.407 e. The zero-order valence-electron chi connectivity index (χ0n) is 13.2. The van der Waals surface area contributed by atoms with Gasteiger partial charge in [-0.3, -0.25) is 0 Å². The van der Waals surface area contributed by atoms with E-state index in [1.54, 1.807) is 4.90 Å². The third kappa shape index (κ3) is 4.38. The minimum atomic E-state index is -0.792. The van der Waals surface area contributed by atoms with E-state index in [0.29, 0.717) is 19.1 Å². The number of ether oxygens (including phenoxy) is 1. The molecule has 1 fully saturated rings. The second kappa shape index (κ2) is 7.86. The monoisotopic (exact) mass is 369 g/mol. The molecule has 0 radical (unpaired) electrons. The lowest BCUT2D eigenvalue weighted by Crippen LogP contribution is -2.43. The third-order valence-electron chi connectivity index (χ3n) is 4.46. The first-order valence-electron chi connectivity index (χ1n) is 7.86. The maximum absolute atomic E-state index is 11.1. The summed E-state index contributed by atoms with van der Waals surface area (Å²) < 4.78 is 6.93. The maximum atomic E-state index is 11.1. The van der Waals surface area contributed by atoms with Crippen molar-refractivity contribution in [1.29, 1.82) is 0 Å². The van der Waals surface area contributed by atoms with Gasteiger partial charge in [0, 0.05) is 22.6 Å². The van der Waals surface area contributed by atoms with Crippen molar-refractivity contribution in [2.45, 2.75) is 45.6 Å². The first-order chi connectivity index (χ1) is 10.5. The predicted molar refractivity (Wildman–Crippen MR) is 90.5 cm³/mol. The van der Waals surface area contributed by atoms with Crippen molar-refractivity contribution in [1.82, 2.24) is 4.90 Å². The van der Waals surface area contributed by atoms with Gasteiger partial charge in [-0.15, -0.1) is 0 Å². The summed E-state index contributed by atoms with van der Waals surface area (Å²) in [4.78, 5) is 12.6. The van der Waals surface area contributed by atoms with Gasteiger partial charge < -0.3 is 14.7 Å². The molecule has 1 heterocycles. The molecule has 0 unspecified atom stereocenters. The summed E-state index contributed by atoms with van der Waals surface area (Å²) in [6.45, 7) is 5.42. The molecule has 1 N–H and O–H groups in total. The fourth-order valence-corrected chi connectivity index (χ4v) is 3.46. The van der Waals surface area contributed by atoms with Crippen molar-refractivity contribution in [3.63, 3.8) is 0 Å². The molecule has 1 aliphatic rings. The second-order valence-electron chi connectivity index (χ2n) is 6.07. The van der Waals surface area contributed by atoms with Gasteiger partial charge in [-0.05, 0) is 57.6 Å². The molecule has 2 atom stereocenters. The van der Waals surface area contributed by atoms with E-state index in [0.717, 1.165) is 41.5 Å². The van der Waals surface area contributed by atoms with Gasteiger partial charge in [0.15, 0.2) is 0 Å². The quantitative estimate of drug-likeness (QED) is 0.765. The van der Waals surface area contributed by atoms with Crippen LogP contribution in [0.1, 0.15) is 38.2 Å². The molecular weight excluding hydrogens is 346 g/mol. The van der Waals surface area contributed by atoms with Gasteiger partial charge in [0.1, 0.15) is 5.75 Å². The number of hydrogen-bond donors (Lipinski definition) is 1. The summed E-state index contributed by atoms with van der Waals surface area (Å²) in [6, 6.07) is 6.12. The normalized spacial score (nSPS) is 21.7. The minimum Gasteiger partial charge on any atom is -0.493 e. The van der Waals surface area contributed by atoms with Gasteiger partial charge in [0.2, 0.25) is 0 Å². The Morgan fingerprint density at radius 3 is 2.95 bits per heavy atom. The lowest BCUT2D eigenvalue weighted by molar-refractivity contribution is 0.0928. The van der Waals surface area contributed by atoms with Crippen molar-refractivity contribution in [2.24, 2.45) is 5.92 Å². The van der Waals surface area contributed by atoms with E-state index < -0.39 is 6.09 Å². The molecule has 2 rings (SSSR count). The molecule has 0 bridgehead atoms. The van der Waals surface area contributed by atoms with Gasteiger partial charge in [0.25, 0.3) is 0 Å². The van der Waals surface area contributed by atoms with Crippen molar-refractivity contribution in [3.8, 4) is 5.75 Å².